The molecule has 0 aromatic heterocycles. The molecule has 0 bridgehead atoms. The quantitative estimate of drug-likeness (QED) is 0.304. The van der Waals surface area contributed by atoms with Crippen LogP contribution < -0.4 is 20.2 Å². The summed E-state index contributed by atoms with van der Waals surface area (Å²) in [6.07, 6.45) is 1.95. The van der Waals surface area contributed by atoms with Crippen molar-refractivity contribution in [3.63, 3.8) is 0 Å². The van der Waals surface area contributed by atoms with Gasteiger partial charge >= 0.3 is 0 Å². The van der Waals surface area contributed by atoms with E-state index in [0.717, 1.165) is 12.0 Å². The van der Waals surface area contributed by atoms with Crippen LogP contribution in [0.15, 0.2) is 47.6 Å². The van der Waals surface area contributed by atoms with E-state index in [4.69, 9.17) is 32.7 Å². The second-order valence-electron chi connectivity index (χ2n) is 8.15. The lowest BCUT2D eigenvalue weighted by atomic mass is 10.0. The van der Waals surface area contributed by atoms with Crippen molar-refractivity contribution in [3.8, 4) is 11.5 Å². The maximum Gasteiger partial charge on any atom is 0.262 e. The highest BCUT2D eigenvalue weighted by atomic mass is 35.5. The lowest BCUT2D eigenvalue weighted by Gasteiger charge is -2.22. The average molecular weight is 508 g/mol. The molecule has 34 heavy (non-hydrogen) atoms. The molecule has 184 valence electrons. The molecule has 2 N–H and O–H groups in total. The number of carbonyl (C=O) groups is 2. The largest absolute Gasteiger partial charge is 0.493 e. The molecular formula is C25H31Cl2N3O4. The van der Waals surface area contributed by atoms with Crippen LogP contribution in [0.2, 0.25) is 10.0 Å². The Morgan fingerprint density at radius 3 is 2.47 bits per heavy atom. The van der Waals surface area contributed by atoms with Gasteiger partial charge in [0.25, 0.3) is 11.8 Å². The molecule has 2 aromatic carbocycles. The van der Waals surface area contributed by atoms with E-state index in [1.807, 2.05) is 45.0 Å². The van der Waals surface area contributed by atoms with Crippen LogP contribution in [0, 0.1) is 5.92 Å². The molecule has 2 rings (SSSR count). The molecule has 2 aromatic rings. The summed E-state index contributed by atoms with van der Waals surface area (Å²) in [6, 6.07) is 11.4. The summed E-state index contributed by atoms with van der Waals surface area (Å²) in [5.41, 5.74) is 3.25. The van der Waals surface area contributed by atoms with Gasteiger partial charge in [-0.05, 0) is 56.0 Å². The number of hydrazone groups is 1. The van der Waals surface area contributed by atoms with Gasteiger partial charge in [0.05, 0.1) is 17.8 Å². The lowest BCUT2D eigenvalue weighted by Crippen LogP contribution is -2.49. The average Bonchev–Trinajstić information content (AvgIpc) is 2.79. The van der Waals surface area contributed by atoms with Crippen molar-refractivity contribution in [1.82, 2.24) is 10.7 Å². The summed E-state index contributed by atoms with van der Waals surface area (Å²) in [6.45, 7) is 8.11. The number of halogens is 2. The van der Waals surface area contributed by atoms with Gasteiger partial charge in [0.2, 0.25) is 0 Å². The third-order valence-electron chi connectivity index (χ3n) is 4.67. The molecule has 0 heterocycles. The highest BCUT2D eigenvalue weighted by Gasteiger charge is 2.25. The molecule has 0 unspecified atom stereocenters. The van der Waals surface area contributed by atoms with Crippen molar-refractivity contribution < 1.29 is 19.1 Å². The van der Waals surface area contributed by atoms with Crippen LogP contribution in [0.3, 0.4) is 0 Å². The number of para-hydroxylation sites is 1. The summed E-state index contributed by atoms with van der Waals surface area (Å²) in [7, 11) is 0. The van der Waals surface area contributed by atoms with Crippen molar-refractivity contribution in [2.24, 2.45) is 11.0 Å². The topological polar surface area (TPSA) is 89.0 Å². The van der Waals surface area contributed by atoms with E-state index in [9.17, 15) is 9.59 Å². The number of hydrogen-bond acceptors (Lipinski definition) is 5. The summed E-state index contributed by atoms with van der Waals surface area (Å²) in [5, 5.41) is 7.56. The van der Waals surface area contributed by atoms with Crippen LogP contribution in [0.4, 0.5) is 0 Å². The van der Waals surface area contributed by atoms with Crippen molar-refractivity contribution >= 4 is 41.2 Å². The van der Waals surface area contributed by atoms with Crippen molar-refractivity contribution in [2.75, 3.05) is 6.61 Å². The third-order valence-corrected chi connectivity index (χ3v) is 5.20. The van der Waals surface area contributed by atoms with E-state index in [-0.39, 0.29) is 5.92 Å². The molecule has 9 heteroatoms. The number of hydrogen-bond donors (Lipinski definition) is 2. The molecule has 2 atom stereocenters. The molecule has 0 fully saturated rings. The predicted octanol–water partition coefficient (Wildman–Crippen LogP) is 5.23. The predicted molar refractivity (Wildman–Crippen MR) is 136 cm³/mol. The molecule has 0 saturated carbocycles. The fraction of sp³-hybridized carbons (Fsp3) is 0.400. The van der Waals surface area contributed by atoms with Gasteiger partial charge < -0.3 is 14.8 Å². The number of rotatable bonds is 12. The van der Waals surface area contributed by atoms with Crippen molar-refractivity contribution in [2.45, 2.75) is 52.7 Å². The molecule has 7 nitrogen and oxygen atoms in total. The number of carbonyl (C=O) groups excluding carboxylic acids is 2. The number of nitrogens with zero attached hydrogens (tertiary/aromatic N) is 1. The van der Waals surface area contributed by atoms with Crippen LogP contribution in [-0.4, -0.2) is 36.8 Å². The van der Waals surface area contributed by atoms with E-state index in [2.05, 4.69) is 15.8 Å². The number of nitrogens with one attached hydrogen (secondary N) is 2. The first-order valence-corrected chi connectivity index (χ1v) is 11.9. The first kappa shape index (κ1) is 27.5. The zero-order chi connectivity index (χ0) is 25.1. The summed E-state index contributed by atoms with van der Waals surface area (Å²) >= 11 is 12.0. The second kappa shape index (κ2) is 13.8. The zero-order valence-corrected chi connectivity index (χ0v) is 21.3. The fourth-order valence-electron chi connectivity index (χ4n) is 2.98. The van der Waals surface area contributed by atoms with Crippen LogP contribution in [-0.2, 0) is 9.59 Å². The maximum atomic E-state index is 12.8. The number of amides is 2. The summed E-state index contributed by atoms with van der Waals surface area (Å²) in [5.74, 6) is 0.287. The first-order valence-electron chi connectivity index (χ1n) is 11.2. The van der Waals surface area contributed by atoms with E-state index >= 15 is 0 Å². The Labute approximate surface area is 210 Å². The number of benzene rings is 2. The van der Waals surface area contributed by atoms with Gasteiger partial charge in [0.15, 0.2) is 6.10 Å². The Morgan fingerprint density at radius 2 is 1.79 bits per heavy atom. The minimum absolute atomic E-state index is 0.158. The minimum atomic E-state index is -0.882. The highest BCUT2D eigenvalue weighted by Crippen LogP contribution is 2.28. The Hall–Kier alpha value is -2.77. The van der Waals surface area contributed by atoms with E-state index in [0.29, 0.717) is 34.6 Å². The van der Waals surface area contributed by atoms with E-state index in [1.54, 1.807) is 19.1 Å². The van der Waals surface area contributed by atoms with Crippen molar-refractivity contribution in [3.05, 3.63) is 58.1 Å². The monoisotopic (exact) mass is 507 g/mol. The van der Waals surface area contributed by atoms with Crippen LogP contribution in [0.25, 0.3) is 0 Å². The van der Waals surface area contributed by atoms with Crippen LogP contribution in [0.1, 0.15) is 46.1 Å². The Morgan fingerprint density at radius 1 is 1.06 bits per heavy atom. The minimum Gasteiger partial charge on any atom is -0.493 e. The van der Waals surface area contributed by atoms with E-state index in [1.165, 1.54) is 12.3 Å². The molecule has 0 saturated heterocycles. The maximum absolute atomic E-state index is 12.8. The van der Waals surface area contributed by atoms with Gasteiger partial charge in [-0.2, -0.15) is 5.10 Å². The van der Waals surface area contributed by atoms with E-state index < -0.39 is 24.0 Å². The molecule has 0 aliphatic rings. The summed E-state index contributed by atoms with van der Waals surface area (Å²) in [4.78, 5) is 25.5. The zero-order valence-electron chi connectivity index (χ0n) is 19.8. The molecule has 0 aliphatic carbocycles. The lowest BCUT2D eigenvalue weighted by molar-refractivity contribution is -0.132. The molecule has 0 radical (unpaired) electrons. The van der Waals surface area contributed by atoms with Gasteiger partial charge in [-0.1, -0.05) is 56.1 Å². The molecule has 2 amide bonds. The van der Waals surface area contributed by atoms with Gasteiger partial charge in [-0.25, -0.2) is 5.43 Å². The van der Waals surface area contributed by atoms with Crippen molar-refractivity contribution in [1.29, 1.82) is 0 Å². The Kier molecular flexibility index (Phi) is 11.2. The normalized spacial score (nSPS) is 12.9. The van der Waals surface area contributed by atoms with Crippen LogP contribution in [0.5, 0.6) is 11.5 Å². The van der Waals surface area contributed by atoms with Gasteiger partial charge in [-0.15, -0.1) is 0 Å². The SMILES string of the molecule is CCCOc1ccccc1/C=N\NC(=O)[C@@H](CC(C)C)NC(=O)[C@H](C)Oc1ccc(Cl)cc1Cl. The molecule has 0 spiro atoms. The van der Waals surface area contributed by atoms with Gasteiger partial charge in [0.1, 0.15) is 17.5 Å². The number of ether oxygens (including phenoxy) is 2. The second-order valence-corrected chi connectivity index (χ2v) is 8.99. The fourth-order valence-corrected chi connectivity index (χ4v) is 3.43. The third kappa shape index (κ3) is 8.88. The summed E-state index contributed by atoms with van der Waals surface area (Å²) < 4.78 is 11.3. The van der Waals surface area contributed by atoms with Gasteiger partial charge in [-0.3, -0.25) is 9.59 Å². The smallest absolute Gasteiger partial charge is 0.262 e. The van der Waals surface area contributed by atoms with Crippen LogP contribution >= 0.6 is 23.2 Å². The standard InChI is InChI=1S/C25H31Cl2N3O4/c1-5-12-33-22-9-7-6-8-18(22)15-28-30-25(32)21(13-16(2)3)29-24(31)17(4)34-23-11-10-19(26)14-20(23)27/h6-11,14-17,21H,5,12-13H2,1-4H3,(H,29,31)(H,30,32)/b28-15-/t17-,21+/m0/s1. The van der Waals surface area contributed by atoms with Gasteiger partial charge in [0, 0.05) is 10.6 Å². The first-order chi connectivity index (χ1) is 16.2. The highest BCUT2D eigenvalue weighted by molar-refractivity contribution is 6.35. The Balaban J connectivity index is 2.02. The Bertz CT molecular complexity index is 998. The molecular weight excluding hydrogens is 477 g/mol. The molecule has 0 aliphatic heterocycles.